The molecule has 2 N–H and O–H groups in total. The molecule has 0 saturated carbocycles. The van der Waals surface area contributed by atoms with E-state index in [0.29, 0.717) is 0 Å². The second kappa shape index (κ2) is 2.86. The van der Waals surface area contributed by atoms with E-state index in [9.17, 15) is 0 Å². The van der Waals surface area contributed by atoms with Gasteiger partial charge in [-0.05, 0) is 13.8 Å². The highest BCUT2D eigenvalue weighted by Gasteiger charge is 2.18. The lowest BCUT2D eigenvalue weighted by molar-refractivity contribution is 0.0551. The minimum absolute atomic E-state index is 0.226. The third-order valence-electron chi connectivity index (χ3n) is 1.00. The molecule has 0 aliphatic carbocycles. The van der Waals surface area contributed by atoms with Crippen LogP contribution in [0.2, 0.25) is 0 Å². The first-order valence-corrected chi connectivity index (χ1v) is 2.86. The Balaban J connectivity index is 3.76. The van der Waals surface area contributed by atoms with E-state index < -0.39 is 11.7 Å². The van der Waals surface area contributed by atoms with E-state index >= 15 is 0 Å². The van der Waals surface area contributed by atoms with Gasteiger partial charge in [-0.1, -0.05) is 5.92 Å². The number of hydrogen-bond acceptors (Lipinski definition) is 2. The van der Waals surface area contributed by atoms with Gasteiger partial charge in [0.05, 0.1) is 6.10 Å². The van der Waals surface area contributed by atoms with Crippen molar-refractivity contribution < 1.29 is 10.2 Å². The molecule has 0 aliphatic heterocycles. The Morgan fingerprint density at radius 2 is 2.22 bits per heavy atom. The molecule has 52 valence electrons. The van der Waals surface area contributed by atoms with E-state index in [2.05, 4.69) is 5.92 Å². The van der Waals surface area contributed by atoms with Gasteiger partial charge in [-0.2, -0.15) is 0 Å². The molecular formula is C7H12O2. The monoisotopic (exact) mass is 128 g/mol. The Bertz CT molecular complexity index is 119. The predicted molar refractivity (Wildman–Crippen MR) is 35.8 cm³/mol. The van der Waals surface area contributed by atoms with Gasteiger partial charge in [-0.15, -0.1) is 6.42 Å². The SMILES string of the molecule is C#CC(C)(O)CC(C)O. The topological polar surface area (TPSA) is 40.5 Å². The zero-order chi connectivity index (χ0) is 7.49. The molecule has 0 aromatic carbocycles. The van der Waals surface area contributed by atoms with Crippen LogP contribution in [0.25, 0.3) is 0 Å². The maximum atomic E-state index is 9.10. The fourth-order valence-corrected chi connectivity index (χ4v) is 0.634. The summed E-state index contributed by atoms with van der Waals surface area (Å²) < 4.78 is 0. The molecule has 0 aromatic heterocycles. The maximum absolute atomic E-state index is 9.10. The standard InChI is InChI=1S/C7H12O2/c1-4-7(3,9)5-6(2)8/h1,6,8-9H,5H2,2-3H3. The number of hydrogen-bond donors (Lipinski definition) is 2. The maximum Gasteiger partial charge on any atom is 0.124 e. The first-order chi connectivity index (χ1) is 3.98. The van der Waals surface area contributed by atoms with E-state index in [4.69, 9.17) is 16.6 Å². The third-order valence-corrected chi connectivity index (χ3v) is 1.00. The van der Waals surface area contributed by atoms with Gasteiger partial charge in [0.2, 0.25) is 0 Å². The van der Waals surface area contributed by atoms with Crippen molar-refractivity contribution in [3.05, 3.63) is 0 Å². The van der Waals surface area contributed by atoms with Gasteiger partial charge in [0.1, 0.15) is 5.60 Å². The summed E-state index contributed by atoms with van der Waals surface area (Å²) in [5.41, 5.74) is -1.16. The van der Waals surface area contributed by atoms with Gasteiger partial charge in [-0.25, -0.2) is 0 Å². The quantitative estimate of drug-likeness (QED) is 0.519. The lowest BCUT2D eigenvalue weighted by atomic mass is 10.0. The molecule has 0 heterocycles. The molecule has 0 aliphatic rings. The summed E-state index contributed by atoms with van der Waals surface area (Å²) in [5, 5.41) is 17.9. The Morgan fingerprint density at radius 1 is 1.78 bits per heavy atom. The second-order valence-electron chi connectivity index (χ2n) is 2.47. The number of aliphatic hydroxyl groups is 2. The Kier molecular flexibility index (Phi) is 2.69. The first-order valence-electron chi connectivity index (χ1n) is 2.86. The van der Waals surface area contributed by atoms with Crippen molar-refractivity contribution >= 4 is 0 Å². The Labute approximate surface area is 55.5 Å². The molecule has 2 nitrogen and oxygen atoms in total. The number of rotatable bonds is 2. The molecule has 0 bridgehead atoms. The lowest BCUT2D eigenvalue weighted by Gasteiger charge is -2.16. The smallest absolute Gasteiger partial charge is 0.124 e. The Hall–Kier alpha value is -0.520. The molecule has 2 heteroatoms. The summed E-state index contributed by atoms with van der Waals surface area (Å²) in [4.78, 5) is 0. The van der Waals surface area contributed by atoms with Crippen LogP contribution in [0.15, 0.2) is 0 Å². The van der Waals surface area contributed by atoms with E-state index in [1.54, 1.807) is 6.92 Å². The van der Waals surface area contributed by atoms with Crippen molar-refractivity contribution in [3.63, 3.8) is 0 Å². The van der Waals surface area contributed by atoms with Crippen LogP contribution in [0.1, 0.15) is 20.3 Å². The molecule has 0 spiro atoms. The average Bonchev–Trinajstić information content (AvgIpc) is 1.63. The second-order valence-corrected chi connectivity index (χ2v) is 2.47. The molecule has 0 saturated heterocycles. The number of aliphatic hydroxyl groups excluding tert-OH is 1. The molecule has 2 atom stereocenters. The van der Waals surface area contributed by atoms with E-state index in [0.717, 1.165) is 0 Å². The molecule has 2 unspecified atom stereocenters. The first kappa shape index (κ1) is 8.48. The van der Waals surface area contributed by atoms with Gasteiger partial charge >= 0.3 is 0 Å². The normalized spacial score (nSPS) is 19.9. The summed E-state index contributed by atoms with van der Waals surface area (Å²) in [6, 6.07) is 0. The van der Waals surface area contributed by atoms with Crippen LogP contribution >= 0.6 is 0 Å². The van der Waals surface area contributed by atoms with Crippen LogP contribution in [0.5, 0.6) is 0 Å². The van der Waals surface area contributed by atoms with Gasteiger partial charge in [-0.3, -0.25) is 0 Å². The summed E-state index contributed by atoms with van der Waals surface area (Å²) in [6.45, 7) is 3.09. The zero-order valence-corrected chi connectivity index (χ0v) is 5.76. The summed E-state index contributed by atoms with van der Waals surface area (Å²) >= 11 is 0. The van der Waals surface area contributed by atoms with E-state index in [-0.39, 0.29) is 6.42 Å². The molecule has 0 rings (SSSR count). The van der Waals surface area contributed by atoms with Gasteiger partial charge in [0, 0.05) is 6.42 Å². The predicted octanol–water partition coefficient (Wildman–Crippen LogP) is 0.142. The molecular weight excluding hydrogens is 116 g/mol. The Morgan fingerprint density at radius 3 is 2.33 bits per heavy atom. The largest absolute Gasteiger partial charge is 0.393 e. The van der Waals surface area contributed by atoms with Crippen molar-refractivity contribution in [2.45, 2.75) is 32.0 Å². The molecule has 9 heavy (non-hydrogen) atoms. The summed E-state index contributed by atoms with van der Waals surface area (Å²) in [7, 11) is 0. The highest BCUT2D eigenvalue weighted by atomic mass is 16.3. The van der Waals surface area contributed by atoms with Gasteiger partial charge in [0.25, 0.3) is 0 Å². The van der Waals surface area contributed by atoms with E-state index in [1.165, 1.54) is 6.92 Å². The minimum atomic E-state index is -1.16. The molecule has 0 amide bonds. The van der Waals surface area contributed by atoms with E-state index in [1.807, 2.05) is 0 Å². The van der Waals surface area contributed by atoms with Crippen LogP contribution in [0, 0.1) is 12.3 Å². The van der Waals surface area contributed by atoms with Crippen LogP contribution < -0.4 is 0 Å². The fourth-order valence-electron chi connectivity index (χ4n) is 0.634. The van der Waals surface area contributed by atoms with Crippen molar-refractivity contribution in [2.75, 3.05) is 0 Å². The van der Waals surface area contributed by atoms with Crippen LogP contribution in [0.4, 0.5) is 0 Å². The molecule has 0 aromatic rings. The molecule has 0 fully saturated rings. The van der Waals surface area contributed by atoms with Gasteiger partial charge < -0.3 is 10.2 Å². The van der Waals surface area contributed by atoms with Crippen LogP contribution in [-0.4, -0.2) is 21.9 Å². The van der Waals surface area contributed by atoms with Gasteiger partial charge in [0.15, 0.2) is 0 Å². The van der Waals surface area contributed by atoms with Crippen molar-refractivity contribution in [2.24, 2.45) is 0 Å². The summed E-state index contributed by atoms with van der Waals surface area (Å²) in [5.74, 6) is 2.17. The highest BCUT2D eigenvalue weighted by Crippen LogP contribution is 2.09. The van der Waals surface area contributed by atoms with Crippen LogP contribution in [0.3, 0.4) is 0 Å². The van der Waals surface area contributed by atoms with Crippen molar-refractivity contribution in [1.29, 1.82) is 0 Å². The lowest BCUT2D eigenvalue weighted by Crippen LogP contribution is -2.26. The van der Waals surface area contributed by atoms with Crippen LogP contribution in [-0.2, 0) is 0 Å². The van der Waals surface area contributed by atoms with Crippen molar-refractivity contribution in [1.82, 2.24) is 0 Å². The summed E-state index contributed by atoms with van der Waals surface area (Å²) in [6.07, 6.45) is 4.62. The highest BCUT2D eigenvalue weighted by molar-refractivity contribution is 5.04. The molecule has 0 radical (unpaired) electrons. The van der Waals surface area contributed by atoms with Crippen molar-refractivity contribution in [3.8, 4) is 12.3 Å². The average molecular weight is 128 g/mol. The zero-order valence-electron chi connectivity index (χ0n) is 5.76. The fraction of sp³-hybridized carbons (Fsp3) is 0.714. The minimum Gasteiger partial charge on any atom is -0.393 e. The number of terminal acetylenes is 1. The third kappa shape index (κ3) is 4.01.